The molecule has 0 amide bonds. The van der Waals surface area contributed by atoms with Gasteiger partial charge in [0.15, 0.2) is 0 Å². The molecule has 4 heteroatoms. The summed E-state index contributed by atoms with van der Waals surface area (Å²) in [5, 5.41) is 3.58. The summed E-state index contributed by atoms with van der Waals surface area (Å²) in [5.41, 5.74) is 1.03. The SMILES string of the molecule is CC1CCN(CCNCc2ccc(F)c(Cl)c2)CC1. The van der Waals surface area contributed by atoms with Gasteiger partial charge in [-0.2, -0.15) is 0 Å². The summed E-state index contributed by atoms with van der Waals surface area (Å²) in [7, 11) is 0. The monoisotopic (exact) mass is 284 g/mol. The van der Waals surface area contributed by atoms with Crippen molar-refractivity contribution in [1.29, 1.82) is 0 Å². The first-order valence-electron chi connectivity index (χ1n) is 7.02. The Morgan fingerprint density at radius 1 is 1.37 bits per heavy atom. The Morgan fingerprint density at radius 2 is 2.11 bits per heavy atom. The highest BCUT2D eigenvalue weighted by molar-refractivity contribution is 6.30. The molecule has 0 aromatic heterocycles. The third-order valence-electron chi connectivity index (χ3n) is 3.79. The van der Waals surface area contributed by atoms with E-state index < -0.39 is 0 Å². The molecule has 2 rings (SSSR count). The van der Waals surface area contributed by atoms with Gasteiger partial charge in [-0.3, -0.25) is 0 Å². The summed E-state index contributed by atoms with van der Waals surface area (Å²) in [6.45, 7) is 7.54. The molecule has 0 atom stereocenters. The molecule has 0 saturated carbocycles. The topological polar surface area (TPSA) is 15.3 Å². The third kappa shape index (κ3) is 4.75. The number of hydrogen-bond acceptors (Lipinski definition) is 2. The van der Waals surface area contributed by atoms with Crippen LogP contribution in [0.1, 0.15) is 25.3 Å². The molecule has 2 nitrogen and oxygen atoms in total. The van der Waals surface area contributed by atoms with Crippen molar-refractivity contribution in [2.24, 2.45) is 5.92 Å². The average Bonchev–Trinajstić information content (AvgIpc) is 2.41. The van der Waals surface area contributed by atoms with E-state index >= 15 is 0 Å². The van der Waals surface area contributed by atoms with Crippen molar-refractivity contribution in [3.63, 3.8) is 0 Å². The first kappa shape index (κ1) is 14.8. The molecule has 19 heavy (non-hydrogen) atoms. The molecule has 1 aliphatic heterocycles. The molecule has 0 radical (unpaired) electrons. The van der Waals surface area contributed by atoms with E-state index in [0.717, 1.165) is 31.1 Å². The lowest BCUT2D eigenvalue weighted by Gasteiger charge is -2.30. The van der Waals surface area contributed by atoms with E-state index in [1.807, 2.05) is 0 Å². The van der Waals surface area contributed by atoms with Crippen LogP contribution in [0.15, 0.2) is 18.2 Å². The van der Waals surface area contributed by atoms with Crippen LogP contribution in [-0.2, 0) is 6.54 Å². The van der Waals surface area contributed by atoms with Crippen molar-refractivity contribution < 1.29 is 4.39 Å². The predicted molar refractivity (Wildman–Crippen MR) is 78.0 cm³/mol. The van der Waals surface area contributed by atoms with Crippen molar-refractivity contribution >= 4 is 11.6 Å². The predicted octanol–water partition coefficient (Wildman–Crippen LogP) is 3.30. The van der Waals surface area contributed by atoms with E-state index in [1.165, 1.54) is 32.0 Å². The molecule has 1 aromatic rings. The van der Waals surface area contributed by atoms with Crippen molar-refractivity contribution in [3.8, 4) is 0 Å². The zero-order valence-electron chi connectivity index (χ0n) is 11.5. The van der Waals surface area contributed by atoms with Crippen LogP contribution in [-0.4, -0.2) is 31.1 Å². The second-order valence-corrected chi connectivity index (χ2v) is 5.86. The second-order valence-electron chi connectivity index (χ2n) is 5.45. The number of piperidine rings is 1. The molecule has 1 heterocycles. The highest BCUT2D eigenvalue weighted by Gasteiger charge is 2.14. The van der Waals surface area contributed by atoms with Crippen LogP contribution >= 0.6 is 11.6 Å². The fourth-order valence-electron chi connectivity index (χ4n) is 2.41. The molecule has 0 spiro atoms. The number of rotatable bonds is 5. The standard InChI is InChI=1S/C15H22ClFN2/c1-12-4-7-19(8-5-12)9-6-18-11-13-2-3-15(17)14(16)10-13/h2-3,10,12,18H,4-9,11H2,1H3. The van der Waals surface area contributed by atoms with E-state index in [-0.39, 0.29) is 10.8 Å². The molecular formula is C15H22ClFN2. The number of likely N-dealkylation sites (tertiary alicyclic amines) is 1. The van der Waals surface area contributed by atoms with Crippen molar-refractivity contribution in [2.75, 3.05) is 26.2 Å². The summed E-state index contributed by atoms with van der Waals surface area (Å²) in [5.74, 6) is 0.526. The van der Waals surface area contributed by atoms with Crippen LogP contribution in [0, 0.1) is 11.7 Å². The number of nitrogens with one attached hydrogen (secondary N) is 1. The van der Waals surface area contributed by atoms with Crippen molar-refractivity contribution in [2.45, 2.75) is 26.3 Å². The van der Waals surface area contributed by atoms with Gasteiger partial charge >= 0.3 is 0 Å². The Morgan fingerprint density at radius 3 is 2.79 bits per heavy atom. The molecule has 1 saturated heterocycles. The Bertz CT molecular complexity index is 403. The minimum atomic E-state index is -0.354. The van der Waals surface area contributed by atoms with E-state index in [9.17, 15) is 4.39 Å². The van der Waals surface area contributed by atoms with E-state index in [0.29, 0.717) is 0 Å². The Kier molecular flexibility index (Phi) is 5.61. The highest BCUT2D eigenvalue weighted by Crippen LogP contribution is 2.16. The van der Waals surface area contributed by atoms with E-state index in [4.69, 9.17) is 11.6 Å². The quantitative estimate of drug-likeness (QED) is 0.835. The van der Waals surface area contributed by atoms with E-state index in [1.54, 1.807) is 12.1 Å². The first-order chi connectivity index (χ1) is 9.15. The Hall–Kier alpha value is -0.640. The third-order valence-corrected chi connectivity index (χ3v) is 4.08. The molecule has 1 aliphatic rings. The van der Waals surface area contributed by atoms with Gasteiger partial charge in [-0.15, -0.1) is 0 Å². The highest BCUT2D eigenvalue weighted by atomic mass is 35.5. The second kappa shape index (κ2) is 7.22. The van der Waals surface area contributed by atoms with Gasteiger partial charge < -0.3 is 10.2 Å². The molecular weight excluding hydrogens is 263 g/mol. The summed E-state index contributed by atoms with van der Waals surface area (Å²) >= 11 is 5.75. The summed E-state index contributed by atoms with van der Waals surface area (Å²) in [6, 6.07) is 4.88. The van der Waals surface area contributed by atoms with Gasteiger partial charge in [-0.25, -0.2) is 4.39 Å². The molecule has 0 aliphatic carbocycles. The fraction of sp³-hybridized carbons (Fsp3) is 0.600. The molecule has 0 bridgehead atoms. The maximum absolute atomic E-state index is 13.0. The summed E-state index contributed by atoms with van der Waals surface area (Å²) in [6.07, 6.45) is 2.63. The van der Waals surface area contributed by atoms with Crippen LogP contribution in [0.25, 0.3) is 0 Å². The molecule has 1 fully saturated rings. The van der Waals surface area contributed by atoms with Gasteiger partial charge in [-0.1, -0.05) is 24.6 Å². The van der Waals surface area contributed by atoms with Crippen molar-refractivity contribution in [3.05, 3.63) is 34.6 Å². The Labute approximate surface area is 119 Å². The van der Waals surface area contributed by atoms with Gasteiger partial charge in [0, 0.05) is 19.6 Å². The van der Waals surface area contributed by atoms with Crippen LogP contribution in [0.2, 0.25) is 5.02 Å². The maximum atomic E-state index is 13.0. The number of hydrogen-bond donors (Lipinski definition) is 1. The summed E-state index contributed by atoms with van der Waals surface area (Å²) in [4.78, 5) is 2.50. The van der Waals surface area contributed by atoms with Gasteiger partial charge in [0.2, 0.25) is 0 Å². The van der Waals surface area contributed by atoms with Crippen LogP contribution in [0.4, 0.5) is 4.39 Å². The average molecular weight is 285 g/mol. The normalized spacial score (nSPS) is 17.8. The Balaban J connectivity index is 1.65. The molecule has 0 unspecified atom stereocenters. The lowest BCUT2D eigenvalue weighted by molar-refractivity contribution is 0.193. The number of nitrogens with zero attached hydrogens (tertiary/aromatic N) is 1. The lowest BCUT2D eigenvalue weighted by Crippen LogP contribution is -2.37. The smallest absolute Gasteiger partial charge is 0.141 e. The van der Waals surface area contributed by atoms with E-state index in [2.05, 4.69) is 17.1 Å². The van der Waals surface area contributed by atoms with Gasteiger partial charge in [-0.05, 0) is 49.5 Å². The van der Waals surface area contributed by atoms with Crippen LogP contribution in [0.5, 0.6) is 0 Å². The summed E-state index contributed by atoms with van der Waals surface area (Å²) < 4.78 is 13.0. The molecule has 1 aromatic carbocycles. The zero-order valence-corrected chi connectivity index (χ0v) is 12.2. The van der Waals surface area contributed by atoms with Crippen LogP contribution in [0.3, 0.4) is 0 Å². The number of halogens is 2. The molecule has 106 valence electrons. The lowest BCUT2D eigenvalue weighted by atomic mass is 9.99. The van der Waals surface area contributed by atoms with Crippen LogP contribution < -0.4 is 5.32 Å². The minimum absolute atomic E-state index is 0.198. The fourth-order valence-corrected chi connectivity index (χ4v) is 2.61. The first-order valence-corrected chi connectivity index (χ1v) is 7.40. The molecule has 1 N–H and O–H groups in total. The minimum Gasteiger partial charge on any atom is -0.311 e. The van der Waals surface area contributed by atoms with Gasteiger partial charge in [0.25, 0.3) is 0 Å². The number of benzene rings is 1. The zero-order chi connectivity index (χ0) is 13.7. The van der Waals surface area contributed by atoms with Gasteiger partial charge in [0.1, 0.15) is 5.82 Å². The maximum Gasteiger partial charge on any atom is 0.141 e. The van der Waals surface area contributed by atoms with Gasteiger partial charge in [0.05, 0.1) is 5.02 Å². The van der Waals surface area contributed by atoms with Crippen molar-refractivity contribution in [1.82, 2.24) is 10.2 Å². The largest absolute Gasteiger partial charge is 0.311 e.